The topological polar surface area (TPSA) is 59.4 Å². The van der Waals surface area contributed by atoms with E-state index in [0.29, 0.717) is 11.6 Å². The van der Waals surface area contributed by atoms with Crippen molar-refractivity contribution in [1.29, 1.82) is 0 Å². The van der Waals surface area contributed by atoms with Crippen molar-refractivity contribution < 1.29 is 9.53 Å². The van der Waals surface area contributed by atoms with Crippen molar-refractivity contribution >= 4 is 5.91 Å². The molecule has 1 aromatic carbocycles. The van der Waals surface area contributed by atoms with E-state index in [4.69, 9.17) is 4.74 Å². The maximum absolute atomic E-state index is 13.1. The predicted octanol–water partition coefficient (Wildman–Crippen LogP) is 3.11. The van der Waals surface area contributed by atoms with Gasteiger partial charge in [0, 0.05) is 25.3 Å². The maximum Gasteiger partial charge on any atom is 0.255 e. The number of aromatic nitrogens is 2. The Morgan fingerprint density at radius 3 is 2.64 bits per heavy atom. The van der Waals surface area contributed by atoms with Gasteiger partial charge in [0.05, 0.1) is 37.1 Å². The monoisotopic (exact) mass is 382 g/mol. The number of hydrogen-bond donors (Lipinski definition) is 1. The molecule has 1 unspecified atom stereocenters. The molecule has 150 valence electrons. The molecule has 2 aromatic rings. The Morgan fingerprint density at radius 2 is 1.93 bits per heavy atom. The number of morpholine rings is 1. The Hall–Kier alpha value is -2.18. The van der Waals surface area contributed by atoms with E-state index < -0.39 is 0 Å². The molecular weight excluding hydrogens is 352 g/mol. The molecule has 28 heavy (non-hydrogen) atoms. The minimum absolute atomic E-state index is 0.0381. The lowest BCUT2D eigenvalue weighted by atomic mass is 10.1. The van der Waals surface area contributed by atoms with Gasteiger partial charge >= 0.3 is 0 Å². The maximum atomic E-state index is 13.1. The first kappa shape index (κ1) is 19.2. The van der Waals surface area contributed by atoms with Gasteiger partial charge in [-0.1, -0.05) is 43.2 Å². The van der Waals surface area contributed by atoms with Crippen LogP contribution in [0, 0.1) is 6.92 Å². The van der Waals surface area contributed by atoms with Gasteiger partial charge in [-0.25, -0.2) is 0 Å². The summed E-state index contributed by atoms with van der Waals surface area (Å²) >= 11 is 0. The second kappa shape index (κ2) is 8.88. The van der Waals surface area contributed by atoms with Crippen molar-refractivity contribution in [2.75, 3.05) is 32.8 Å². The average molecular weight is 383 g/mol. The molecule has 0 spiro atoms. The van der Waals surface area contributed by atoms with Gasteiger partial charge in [-0.15, -0.1) is 0 Å². The second-order valence-electron chi connectivity index (χ2n) is 7.88. The molecule has 2 fully saturated rings. The number of nitrogens with one attached hydrogen (secondary N) is 1. The molecule has 4 rings (SSSR count). The van der Waals surface area contributed by atoms with Crippen molar-refractivity contribution in [3.63, 3.8) is 0 Å². The second-order valence-corrected chi connectivity index (χ2v) is 7.88. The number of carbonyl (C=O) groups excluding carboxylic acids is 1. The summed E-state index contributed by atoms with van der Waals surface area (Å²) in [5, 5.41) is 7.81. The van der Waals surface area contributed by atoms with E-state index in [1.54, 1.807) is 6.20 Å². The van der Waals surface area contributed by atoms with Gasteiger partial charge in [0.1, 0.15) is 0 Å². The Bertz CT molecular complexity index is 777. The first-order chi connectivity index (χ1) is 13.7. The van der Waals surface area contributed by atoms with Crippen LogP contribution in [0.1, 0.15) is 59.4 Å². The molecule has 1 aliphatic carbocycles. The summed E-state index contributed by atoms with van der Waals surface area (Å²) in [5.74, 6) is -0.0381. The zero-order valence-corrected chi connectivity index (χ0v) is 16.6. The summed E-state index contributed by atoms with van der Waals surface area (Å²) in [6.45, 7) is 6.11. The largest absolute Gasteiger partial charge is 0.379 e. The van der Waals surface area contributed by atoms with Crippen LogP contribution in [0.5, 0.6) is 0 Å². The zero-order chi connectivity index (χ0) is 19.3. The van der Waals surface area contributed by atoms with Gasteiger partial charge in [-0.3, -0.25) is 14.4 Å². The fourth-order valence-corrected chi connectivity index (χ4v) is 4.36. The fraction of sp³-hybridized carbons (Fsp3) is 0.545. The molecule has 1 aliphatic heterocycles. The molecule has 6 nitrogen and oxygen atoms in total. The minimum Gasteiger partial charge on any atom is -0.379 e. The van der Waals surface area contributed by atoms with Crippen LogP contribution >= 0.6 is 0 Å². The molecule has 2 aliphatic rings. The van der Waals surface area contributed by atoms with Crippen LogP contribution in [-0.2, 0) is 4.74 Å². The average Bonchev–Trinajstić information content (AvgIpc) is 3.38. The molecule has 1 saturated carbocycles. The summed E-state index contributed by atoms with van der Waals surface area (Å²) in [6.07, 6.45) is 6.56. The van der Waals surface area contributed by atoms with Crippen molar-refractivity contribution in [1.82, 2.24) is 20.0 Å². The summed E-state index contributed by atoms with van der Waals surface area (Å²) in [5.41, 5.74) is 2.79. The first-order valence-electron chi connectivity index (χ1n) is 10.4. The number of carbonyl (C=O) groups is 1. The van der Waals surface area contributed by atoms with Crippen LogP contribution in [0.15, 0.2) is 36.5 Å². The molecule has 1 aromatic heterocycles. The molecule has 1 atom stereocenters. The highest BCUT2D eigenvalue weighted by molar-refractivity contribution is 5.95. The standard InChI is InChI=1S/C22H30N4O2/c1-17-20(15-23-26(17)19-9-5-6-10-19)22(27)24-21(18-7-3-2-4-8-18)16-25-11-13-28-14-12-25/h2-4,7-8,15,19,21H,5-6,9-14,16H2,1H3,(H,24,27). The van der Waals surface area contributed by atoms with E-state index in [9.17, 15) is 4.79 Å². The lowest BCUT2D eigenvalue weighted by molar-refractivity contribution is 0.0332. The summed E-state index contributed by atoms with van der Waals surface area (Å²) in [6, 6.07) is 10.6. The molecular formula is C22H30N4O2. The molecule has 2 heterocycles. The number of hydrogen-bond acceptors (Lipinski definition) is 4. The predicted molar refractivity (Wildman–Crippen MR) is 108 cm³/mol. The van der Waals surface area contributed by atoms with Crippen LogP contribution in [-0.4, -0.2) is 53.4 Å². The summed E-state index contributed by atoms with van der Waals surface area (Å²) in [4.78, 5) is 15.5. The third-order valence-corrected chi connectivity index (χ3v) is 6.01. The molecule has 1 N–H and O–H groups in total. The van der Waals surface area contributed by atoms with Crippen LogP contribution in [0.3, 0.4) is 0 Å². The highest BCUT2D eigenvalue weighted by Crippen LogP contribution is 2.30. The van der Waals surface area contributed by atoms with E-state index in [1.165, 1.54) is 12.8 Å². The van der Waals surface area contributed by atoms with Crippen LogP contribution in [0.2, 0.25) is 0 Å². The van der Waals surface area contributed by atoms with Crippen molar-refractivity contribution in [3.05, 3.63) is 53.3 Å². The quantitative estimate of drug-likeness (QED) is 0.834. The Balaban J connectivity index is 1.50. The molecule has 6 heteroatoms. The number of rotatable bonds is 6. The van der Waals surface area contributed by atoms with Crippen LogP contribution in [0.4, 0.5) is 0 Å². The number of amides is 1. The van der Waals surface area contributed by atoms with Crippen molar-refractivity contribution in [3.8, 4) is 0 Å². The van der Waals surface area contributed by atoms with E-state index in [0.717, 1.165) is 56.9 Å². The van der Waals surface area contributed by atoms with Gasteiger partial charge < -0.3 is 10.1 Å². The number of nitrogens with zero attached hydrogens (tertiary/aromatic N) is 3. The third kappa shape index (κ3) is 4.28. The van der Waals surface area contributed by atoms with Crippen LogP contribution in [0.25, 0.3) is 0 Å². The minimum atomic E-state index is -0.0546. The highest BCUT2D eigenvalue weighted by atomic mass is 16.5. The normalized spacial score (nSPS) is 19.6. The van der Waals surface area contributed by atoms with E-state index >= 15 is 0 Å². The summed E-state index contributed by atoms with van der Waals surface area (Å²) < 4.78 is 7.52. The SMILES string of the molecule is Cc1c(C(=O)NC(CN2CCOCC2)c2ccccc2)cnn1C1CCCC1. The molecule has 1 amide bonds. The number of benzene rings is 1. The van der Waals surface area contributed by atoms with Gasteiger partial charge in [-0.05, 0) is 25.3 Å². The molecule has 0 radical (unpaired) electrons. The molecule has 0 bridgehead atoms. The van der Waals surface area contributed by atoms with Gasteiger partial charge in [0.15, 0.2) is 0 Å². The van der Waals surface area contributed by atoms with Gasteiger partial charge in [-0.2, -0.15) is 5.10 Å². The molecule has 1 saturated heterocycles. The van der Waals surface area contributed by atoms with Gasteiger partial charge in [0.25, 0.3) is 5.91 Å². The lowest BCUT2D eigenvalue weighted by Gasteiger charge is -2.31. The first-order valence-corrected chi connectivity index (χ1v) is 10.4. The van der Waals surface area contributed by atoms with E-state index in [-0.39, 0.29) is 11.9 Å². The smallest absolute Gasteiger partial charge is 0.255 e. The van der Waals surface area contributed by atoms with Crippen molar-refractivity contribution in [2.24, 2.45) is 0 Å². The lowest BCUT2D eigenvalue weighted by Crippen LogP contribution is -2.43. The Kier molecular flexibility index (Phi) is 6.07. The Morgan fingerprint density at radius 1 is 1.21 bits per heavy atom. The number of ether oxygens (including phenoxy) is 1. The highest BCUT2D eigenvalue weighted by Gasteiger charge is 2.25. The summed E-state index contributed by atoms with van der Waals surface area (Å²) in [7, 11) is 0. The fourth-order valence-electron chi connectivity index (χ4n) is 4.36. The Labute approximate surface area is 166 Å². The van der Waals surface area contributed by atoms with Gasteiger partial charge in [0.2, 0.25) is 0 Å². The van der Waals surface area contributed by atoms with Crippen molar-refractivity contribution in [2.45, 2.75) is 44.7 Å². The third-order valence-electron chi connectivity index (χ3n) is 6.01. The van der Waals surface area contributed by atoms with E-state index in [2.05, 4.69) is 32.1 Å². The van der Waals surface area contributed by atoms with E-state index in [1.807, 2.05) is 25.1 Å². The zero-order valence-electron chi connectivity index (χ0n) is 16.6. The van der Waals surface area contributed by atoms with Crippen LogP contribution < -0.4 is 5.32 Å².